The van der Waals surface area contributed by atoms with Crippen LogP contribution >= 0.6 is 12.6 Å². The summed E-state index contributed by atoms with van der Waals surface area (Å²) in [4.78, 5) is 24.2. The zero-order valence-electron chi connectivity index (χ0n) is 12.3. The van der Waals surface area contributed by atoms with Crippen molar-refractivity contribution < 1.29 is 9.59 Å². The maximum Gasteiger partial charge on any atom is 0.217 e. The van der Waals surface area contributed by atoms with Gasteiger partial charge in [-0.1, -0.05) is 72.8 Å². The molecule has 0 bridgehead atoms. The fourth-order valence-corrected chi connectivity index (χ4v) is 2.66. The van der Waals surface area contributed by atoms with Crippen LogP contribution in [0.1, 0.15) is 26.3 Å². The van der Waals surface area contributed by atoms with E-state index in [0.717, 1.165) is 11.1 Å². The first-order chi connectivity index (χ1) is 11.2. The van der Waals surface area contributed by atoms with Crippen molar-refractivity contribution in [1.29, 1.82) is 0 Å². The number of thiol groups is 1. The summed E-state index contributed by atoms with van der Waals surface area (Å²) < 4.78 is 0. The molecular weight excluding hydrogens is 304 g/mol. The molecule has 2 nitrogen and oxygen atoms in total. The number of ketones is 1. The summed E-state index contributed by atoms with van der Waals surface area (Å²) >= 11 is 3.84. The maximum absolute atomic E-state index is 12.6. The highest BCUT2D eigenvalue weighted by Crippen LogP contribution is 2.21. The first kappa shape index (κ1) is 15.3. The summed E-state index contributed by atoms with van der Waals surface area (Å²) in [7, 11) is 0. The molecule has 0 saturated carbocycles. The van der Waals surface area contributed by atoms with Crippen molar-refractivity contribution >= 4 is 23.5 Å². The molecule has 0 amide bonds. The van der Waals surface area contributed by atoms with Crippen LogP contribution in [-0.2, 0) is 0 Å². The van der Waals surface area contributed by atoms with Crippen molar-refractivity contribution in [3.8, 4) is 11.1 Å². The van der Waals surface area contributed by atoms with Crippen LogP contribution in [0.4, 0.5) is 0 Å². The predicted molar refractivity (Wildman–Crippen MR) is 95.1 cm³/mol. The van der Waals surface area contributed by atoms with Crippen LogP contribution in [0.3, 0.4) is 0 Å². The predicted octanol–water partition coefficient (Wildman–Crippen LogP) is 4.65. The minimum absolute atomic E-state index is 0.178. The van der Waals surface area contributed by atoms with Gasteiger partial charge in [-0.25, -0.2) is 0 Å². The molecule has 112 valence electrons. The first-order valence-electron chi connectivity index (χ1n) is 7.19. The van der Waals surface area contributed by atoms with E-state index in [1.165, 1.54) is 0 Å². The van der Waals surface area contributed by atoms with Gasteiger partial charge in [0.1, 0.15) is 0 Å². The highest BCUT2D eigenvalue weighted by atomic mass is 32.1. The second-order valence-electron chi connectivity index (χ2n) is 5.12. The van der Waals surface area contributed by atoms with Gasteiger partial charge in [-0.05, 0) is 17.2 Å². The van der Waals surface area contributed by atoms with E-state index in [9.17, 15) is 9.59 Å². The molecule has 3 heteroatoms. The molecule has 3 aromatic carbocycles. The molecule has 0 N–H and O–H groups in total. The van der Waals surface area contributed by atoms with Gasteiger partial charge in [0.25, 0.3) is 0 Å². The van der Waals surface area contributed by atoms with E-state index in [2.05, 4.69) is 12.6 Å². The molecule has 0 unspecified atom stereocenters. The number of carbonyl (C=O) groups excluding carboxylic acids is 2. The molecule has 0 spiro atoms. The van der Waals surface area contributed by atoms with Crippen LogP contribution < -0.4 is 0 Å². The Labute approximate surface area is 140 Å². The molecule has 0 radical (unpaired) electrons. The third kappa shape index (κ3) is 3.25. The zero-order chi connectivity index (χ0) is 16.2. The molecule has 0 aliphatic carbocycles. The maximum atomic E-state index is 12.6. The summed E-state index contributed by atoms with van der Waals surface area (Å²) in [6.45, 7) is 0. The number of benzene rings is 3. The SMILES string of the molecule is O=C(S)c1ccccc1C(=O)c1ccc(-c2ccccc2)cc1. The Balaban J connectivity index is 1.94. The second kappa shape index (κ2) is 6.63. The lowest BCUT2D eigenvalue weighted by Crippen LogP contribution is -2.07. The summed E-state index contributed by atoms with van der Waals surface area (Å²) in [5.41, 5.74) is 3.39. The van der Waals surface area contributed by atoms with Gasteiger partial charge in [-0.3, -0.25) is 9.59 Å². The fourth-order valence-electron chi connectivity index (χ4n) is 2.47. The van der Waals surface area contributed by atoms with Gasteiger partial charge >= 0.3 is 0 Å². The molecule has 0 aliphatic rings. The Bertz CT molecular complexity index is 852. The second-order valence-corrected chi connectivity index (χ2v) is 5.53. The summed E-state index contributed by atoms with van der Waals surface area (Å²) in [6, 6.07) is 24.1. The van der Waals surface area contributed by atoms with E-state index < -0.39 is 5.12 Å². The van der Waals surface area contributed by atoms with Gasteiger partial charge in [-0.2, -0.15) is 0 Å². The van der Waals surface area contributed by atoms with Gasteiger partial charge < -0.3 is 0 Å². The van der Waals surface area contributed by atoms with Gasteiger partial charge in [-0.15, -0.1) is 12.6 Å². The Morgan fingerprint density at radius 3 is 1.74 bits per heavy atom. The Morgan fingerprint density at radius 2 is 1.13 bits per heavy atom. The fraction of sp³-hybridized carbons (Fsp3) is 0. The minimum Gasteiger partial charge on any atom is -0.289 e. The number of hydrogen-bond acceptors (Lipinski definition) is 2. The van der Waals surface area contributed by atoms with E-state index in [4.69, 9.17) is 0 Å². The van der Waals surface area contributed by atoms with Crippen molar-refractivity contribution in [3.05, 3.63) is 95.6 Å². The standard InChI is InChI=1S/C20H14O2S/c21-19(17-8-4-5-9-18(17)20(22)23)16-12-10-15(11-13-16)14-6-2-1-3-7-14/h1-13H,(H,22,23). The Hall–Kier alpha value is -2.65. The average Bonchev–Trinajstić information content (AvgIpc) is 2.62. The van der Waals surface area contributed by atoms with Crippen molar-refractivity contribution in [2.75, 3.05) is 0 Å². The van der Waals surface area contributed by atoms with Crippen LogP contribution in [0.2, 0.25) is 0 Å². The summed E-state index contributed by atoms with van der Waals surface area (Å²) in [6.07, 6.45) is 0. The molecule has 0 fully saturated rings. The molecule has 0 heterocycles. The third-order valence-electron chi connectivity index (χ3n) is 3.66. The molecule has 0 atom stereocenters. The van der Waals surface area contributed by atoms with Crippen LogP contribution in [0.25, 0.3) is 11.1 Å². The van der Waals surface area contributed by atoms with Gasteiger partial charge in [0.05, 0.1) is 0 Å². The first-order valence-corrected chi connectivity index (χ1v) is 7.64. The largest absolute Gasteiger partial charge is 0.289 e. The van der Waals surface area contributed by atoms with Gasteiger partial charge in [0.15, 0.2) is 5.78 Å². The normalized spacial score (nSPS) is 10.3. The minimum atomic E-state index is -0.408. The van der Waals surface area contributed by atoms with Crippen LogP contribution in [0.5, 0.6) is 0 Å². The van der Waals surface area contributed by atoms with Gasteiger partial charge in [0.2, 0.25) is 5.12 Å². The summed E-state index contributed by atoms with van der Waals surface area (Å²) in [5.74, 6) is -0.178. The number of rotatable bonds is 4. The van der Waals surface area contributed by atoms with Crippen molar-refractivity contribution in [2.45, 2.75) is 0 Å². The third-order valence-corrected chi connectivity index (χ3v) is 3.90. The van der Waals surface area contributed by atoms with Crippen molar-refractivity contribution in [3.63, 3.8) is 0 Å². The van der Waals surface area contributed by atoms with E-state index >= 15 is 0 Å². The van der Waals surface area contributed by atoms with E-state index in [1.807, 2.05) is 42.5 Å². The molecular formula is C20H14O2S. The van der Waals surface area contributed by atoms with Crippen LogP contribution in [0.15, 0.2) is 78.9 Å². The quantitative estimate of drug-likeness (QED) is 0.561. The van der Waals surface area contributed by atoms with E-state index in [-0.39, 0.29) is 5.78 Å². The smallest absolute Gasteiger partial charge is 0.217 e. The Kier molecular flexibility index (Phi) is 4.40. The lowest BCUT2D eigenvalue weighted by molar-refractivity contribution is 0.102. The highest BCUT2D eigenvalue weighted by molar-refractivity contribution is 7.97. The van der Waals surface area contributed by atoms with Crippen molar-refractivity contribution in [2.24, 2.45) is 0 Å². The monoisotopic (exact) mass is 318 g/mol. The summed E-state index contributed by atoms with van der Waals surface area (Å²) in [5, 5.41) is -0.408. The topological polar surface area (TPSA) is 34.1 Å². The highest BCUT2D eigenvalue weighted by Gasteiger charge is 2.16. The molecule has 0 aliphatic heterocycles. The van der Waals surface area contributed by atoms with Crippen LogP contribution in [0, 0.1) is 0 Å². The lowest BCUT2D eigenvalue weighted by atomic mass is 9.97. The zero-order valence-corrected chi connectivity index (χ0v) is 13.2. The molecule has 0 saturated heterocycles. The average molecular weight is 318 g/mol. The van der Waals surface area contributed by atoms with Gasteiger partial charge in [0, 0.05) is 16.7 Å². The molecule has 3 rings (SSSR count). The van der Waals surface area contributed by atoms with E-state index in [1.54, 1.807) is 36.4 Å². The van der Waals surface area contributed by atoms with Crippen LogP contribution in [-0.4, -0.2) is 10.9 Å². The lowest BCUT2D eigenvalue weighted by Gasteiger charge is -2.07. The number of hydrogen-bond donors (Lipinski definition) is 1. The molecule has 23 heavy (non-hydrogen) atoms. The van der Waals surface area contributed by atoms with E-state index in [0.29, 0.717) is 16.7 Å². The molecule has 0 aromatic heterocycles. The Morgan fingerprint density at radius 1 is 0.609 bits per heavy atom. The molecule has 3 aromatic rings. The van der Waals surface area contributed by atoms with Crippen molar-refractivity contribution in [1.82, 2.24) is 0 Å². The number of carbonyl (C=O) groups is 2.